The van der Waals surface area contributed by atoms with Crippen molar-refractivity contribution in [3.8, 4) is 0 Å². The molecule has 0 heterocycles. The lowest BCUT2D eigenvalue weighted by atomic mass is 10.0. The van der Waals surface area contributed by atoms with Crippen molar-refractivity contribution in [2.75, 3.05) is 0 Å². The SMILES string of the molecule is CC.CC.CCCCC1CCCC1. The third-order valence-electron chi connectivity index (χ3n) is 2.44. The maximum Gasteiger partial charge on any atom is -0.0414 e. The van der Waals surface area contributed by atoms with Gasteiger partial charge in [0.2, 0.25) is 0 Å². The Kier molecular flexibility index (Phi) is 17.3. The molecule has 1 rings (SSSR count). The van der Waals surface area contributed by atoms with Crippen LogP contribution in [0, 0.1) is 5.92 Å². The summed E-state index contributed by atoms with van der Waals surface area (Å²) in [7, 11) is 0. The van der Waals surface area contributed by atoms with Crippen molar-refractivity contribution in [3.05, 3.63) is 0 Å². The minimum atomic E-state index is 1.12. The molecule has 0 aromatic rings. The fraction of sp³-hybridized carbons (Fsp3) is 1.00. The van der Waals surface area contributed by atoms with Gasteiger partial charge < -0.3 is 0 Å². The van der Waals surface area contributed by atoms with Crippen LogP contribution in [0.5, 0.6) is 0 Å². The maximum atomic E-state index is 2.29. The van der Waals surface area contributed by atoms with Crippen molar-refractivity contribution in [2.45, 2.75) is 79.6 Å². The van der Waals surface area contributed by atoms with Gasteiger partial charge in [-0.15, -0.1) is 0 Å². The summed E-state index contributed by atoms with van der Waals surface area (Å²) >= 11 is 0. The first kappa shape index (κ1) is 15.5. The lowest BCUT2D eigenvalue weighted by Crippen LogP contribution is -1.91. The van der Waals surface area contributed by atoms with Crippen molar-refractivity contribution in [3.63, 3.8) is 0 Å². The van der Waals surface area contributed by atoms with Crippen LogP contribution in [-0.2, 0) is 0 Å². The smallest absolute Gasteiger partial charge is 0.0414 e. The summed E-state index contributed by atoms with van der Waals surface area (Å²) in [6.07, 6.45) is 10.4. The van der Waals surface area contributed by atoms with Gasteiger partial charge in [0, 0.05) is 0 Å². The summed E-state index contributed by atoms with van der Waals surface area (Å²) in [5, 5.41) is 0. The van der Waals surface area contributed by atoms with Gasteiger partial charge in [0.05, 0.1) is 0 Å². The molecule has 1 fully saturated rings. The van der Waals surface area contributed by atoms with E-state index in [2.05, 4.69) is 6.92 Å². The predicted molar refractivity (Wildman–Crippen MR) is 64.2 cm³/mol. The number of hydrogen-bond donors (Lipinski definition) is 0. The molecule has 13 heavy (non-hydrogen) atoms. The molecule has 0 nitrogen and oxygen atoms in total. The van der Waals surface area contributed by atoms with Gasteiger partial charge in [-0.2, -0.15) is 0 Å². The summed E-state index contributed by atoms with van der Waals surface area (Å²) in [5.74, 6) is 1.12. The molecule has 0 aromatic carbocycles. The van der Waals surface area contributed by atoms with Crippen LogP contribution in [0.15, 0.2) is 0 Å². The molecule has 0 unspecified atom stereocenters. The van der Waals surface area contributed by atoms with E-state index >= 15 is 0 Å². The zero-order chi connectivity index (χ0) is 10.5. The van der Waals surface area contributed by atoms with Gasteiger partial charge >= 0.3 is 0 Å². The van der Waals surface area contributed by atoms with Crippen LogP contribution >= 0.6 is 0 Å². The maximum absolute atomic E-state index is 2.29. The fourth-order valence-corrected chi connectivity index (χ4v) is 1.79. The van der Waals surface area contributed by atoms with Crippen LogP contribution in [0.1, 0.15) is 79.6 Å². The molecule has 0 aromatic heterocycles. The minimum Gasteiger partial charge on any atom is -0.0683 e. The molecule has 0 atom stereocenters. The molecule has 0 amide bonds. The van der Waals surface area contributed by atoms with Gasteiger partial charge in [-0.05, 0) is 5.92 Å². The highest BCUT2D eigenvalue weighted by Gasteiger charge is 2.13. The molecule has 1 aliphatic rings. The third kappa shape index (κ3) is 9.92. The molecule has 82 valence electrons. The van der Waals surface area contributed by atoms with Crippen LogP contribution in [0.3, 0.4) is 0 Å². The second-order valence-electron chi connectivity index (χ2n) is 3.29. The Morgan fingerprint density at radius 2 is 1.38 bits per heavy atom. The molecule has 1 saturated carbocycles. The normalized spacial score (nSPS) is 15.5. The minimum absolute atomic E-state index is 1.12. The van der Waals surface area contributed by atoms with Crippen LogP contribution in [0.2, 0.25) is 0 Å². The first-order chi connectivity index (χ1) is 6.43. The van der Waals surface area contributed by atoms with Gasteiger partial charge in [0.25, 0.3) is 0 Å². The highest BCUT2D eigenvalue weighted by atomic mass is 14.2. The summed E-state index contributed by atoms with van der Waals surface area (Å²) in [6.45, 7) is 10.3. The van der Waals surface area contributed by atoms with Gasteiger partial charge in [0.15, 0.2) is 0 Å². The van der Waals surface area contributed by atoms with E-state index in [9.17, 15) is 0 Å². The molecule has 1 aliphatic carbocycles. The fourth-order valence-electron chi connectivity index (χ4n) is 1.79. The first-order valence-corrected chi connectivity index (χ1v) is 6.43. The Bertz CT molecular complexity index is 60.4. The van der Waals surface area contributed by atoms with E-state index in [1.54, 1.807) is 0 Å². The lowest BCUT2D eigenvalue weighted by Gasteiger charge is -2.05. The van der Waals surface area contributed by atoms with Crippen molar-refractivity contribution < 1.29 is 0 Å². The van der Waals surface area contributed by atoms with Crippen molar-refractivity contribution >= 4 is 0 Å². The highest BCUT2D eigenvalue weighted by Crippen LogP contribution is 2.28. The molecule has 0 spiro atoms. The zero-order valence-electron chi connectivity index (χ0n) is 10.5. The summed E-state index contributed by atoms with van der Waals surface area (Å²) in [5.41, 5.74) is 0. The van der Waals surface area contributed by atoms with E-state index in [1.165, 1.54) is 44.9 Å². The van der Waals surface area contributed by atoms with Crippen LogP contribution < -0.4 is 0 Å². The largest absolute Gasteiger partial charge is 0.0683 e. The molecule has 0 saturated heterocycles. The van der Waals surface area contributed by atoms with E-state index in [-0.39, 0.29) is 0 Å². The summed E-state index contributed by atoms with van der Waals surface area (Å²) in [6, 6.07) is 0. The third-order valence-corrected chi connectivity index (χ3v) is 2.44. The Balaban J connectivity index is 0. The number of unbranched alkanes of at least 4 members (excludes halogenated alkanes) is 1. The molecule has 0 bridgehead atoms. The summed E-state index contributed by atoms with van der Waals surface area (Å²) < 4.78 is 0. The molecular weight excluding hydrogens is 156 g/mol. The average molecular weight is 186 g/mol. The van der Waals surface area contributed by atoms with Crippen LogP contribution in [-0.4, -0.2) is 0 Å². The topological polar surface area (TPSA) is 0 Å². The van der Waals surface area contributed by atoms with Gasteiger partial charge in [-0.3, -0.25) is 0 Å². The van der Waals surface area contributed by atoms with Crippen molar-refractivity contribution in [1.82, 2.24) is 0 Å². The van der Waals surface area contributed by atoms with Crippen LogP contribution in [0.25, 0.3) is 0 Å². The average Bonchev–Trinajstić information content (AvgIpc) is 2.73. The Morgan fingerprint density at radius 1 is 0.923 bits per heavy atom. The Hall–Kier alpha value is 0. The Labute approximate surface area is 86.1 Å². The van der Waals surface area contributed by atoms with Crippen molar-refractivity contribution in [1.29, 1.82) is 0 Å². The quantitative estimate of drug-likeness (QED) is 0.552. The van der Waals surface area contributed by atoms with Gasteiger partial charge in [-0.25, -0.2) is 0 Å². The van der Waals surface area contributed by atoms with E-state index in [4.69, 9.17) is 0 Å². The first-order valence-electron chi connectivity index (χ1n) is 6.43. The van der Waals surface area contributed by atoms with E-state index in [0.717, 1.165) is 5.92 Å². The Morgan fingerprint density at radius 3 is 1.77 bits per heavy atom. The zero-order valence-corrected chi connectivity index (χ0v) is 10.5. The standard InChI is InChI=1S/C9H18.2C2H6/c1-2-3-6-9-7-4-5-8-9;2*1-2/h9H,2-8H2,1H3;2*1-2H3. The molecule has 0 aliphatic heterocycles. The molecular formula is C13H30. The van der Waals surface area contributed by atoms with Crippen molar-refractivity contribution in [2.24, 2.45) is 5.92 Å². The molecule has 0 N–H and O–H groups in total. The lowest BCUT2D eigenvalue weighted by molar-refractivity contribution is 0.480. The van der Waals surface area contributed by atoms with Gasteiger partial charge in [-0.1, -0.05) is 79.6 Å². The molecule has 0 heteroatoms. The second kappa shape index (κ2) is 14.5. The highest BCUT2D eigenvalue weighted by molar-refractivity contribution is 4.66. The predicted octanol–water partition coefficient (Wildman–Crippen LogP) is 5.42. The second-order valence-corrected chi connectivity index (χ2v) is 3.29. The number of rotatable bonds is 3. The van der Waals surface area contributed by atoms with E-state index < -0.39 is 0 Å². The van der Waals surface area contributed by atoms with E-state index in [0.29, 0.717) is 0 Å². The van der Waals surface area contributed by atoms with Gasteiger partial charge in [0.1, 0.15) is 0 Å². The summed E-state index contributed by atoms with van der Waals surface area (Å²) in [4.78, 5) is 0. The van der Waals surface area contributed by atoms with E-state index in [1.807, 2.05) is 27.7 Å². The van der Waals surface area contributed by atoms with Crippen LogP contribution in [0.4, 0.5) is 0 Å². The monoisotopic (exact) mass is 186 g/mol. The molecule has 0 radical (unpaired) electrons. The number of hydrogen-bond acceptors (Lipinski definition) is 0.